The summed E-state index contributed by atoms with van der Waals surface area (Å²) in [5.41, 5.74) is 7.19. The molecule has 250 valence electrons. The number of benzene rings is 2. The van der Waals surface area contributed by atoms with Crippen LogP contribution in [-0.2, 0) is 41.6 Å². The summed E-state index contributed by atoms with van der Waals surface area (Å²) in [6, 6.07) is 10.6. The van der Waals surface area contributed by atoms with Crippen LogP contribution in [0.4, 0.5) is 0 Å². The van der Waals surface area contributed by atoms with Gasteiger partial charge in [-0.1, -0.05) is 74.5 Å². The monoisotopic (exact) mass is 641 g/mol. The van der Waals surface area contributed by atoms with Gasteiger partial charge < -0.3 is 42.3 Å². The summed E-state index contributed by atoms with van der Waals surface area (Å²) in [6.07, 6.45) is -2.29. The number of aliphatic carboxylic acids is 2. The molecule has 0 unspecified atom stereocenters. The zero-order valence-electron chi connectivity index (χ0n) is 26.0. The van der Waals surface area contributed by atoms with Crippen LogP contribution in [-0.4, -0.2) is 87.2 Å². The number of nitrogens with one attached hydrogen (secondary N) is 4. The Hall–Kier alpha value is -4.82. The fraction of sp³-hybridized carbons (Fsp3) is 0.438. The SMILES string of the molecule is CC(C)[C@H](N)C(=O)N[C@@H](CCC(=O)O)C(=O)N[C@@H](Cc1ccccc1)C(=O)N[C@@H](Cc1ccccc1)C(=O)N[C@H](C(=O)O)[C@@H](C)O. The van der Waals surface area contributed by atoms with Gasteiger partial charge in [0.15, 0.2) is 6.04 Å². The van der Waals surface area contributed by atoms with Gasteiger partial charge in [0.25, 0.3) is 0 Å². The van der Waals surface area contributed by atoms with Crippen molar-refractivity contribution in [1.82, 2.24) is 21.3 Å². The first-order valence-corrected chi connectivity index (χ1v) is 14.9. The van der Waals surface area contributed by atoms with E-state index in [0.29, 0.717) is 11.1 Å². The Morgan fingerprint density at radius 2 is 1.07 bits per heavy atom. The number of hydrogen-bond donors (Lipinski definition) is 8. The van der Waals surface area contributed by atoms with Crippen LogP contribution in [0.3, 0.4) is 0 Å². The van der Waals surface area contributed by atoms with Crippen molar-refractivity contribution in [3.05, 3.63) is 71.8 Å². The van der Waals surface area contributed by atoms with Crippen LogP contribution in [0.15, 0.2) is 60.7 Å². The normalized spacial score (nSPS) is 14.9. The molecule has 14 heteroatoms. The molecular formula is C32H43N5O9. The number of carbonyl (C=O) groups is 6. The molecule has 0 aliphatic rings. The molecule has 0 spiro atoms. The predicted molar refractivity (Wildman–Crippen MR) is 167 cm³/mol. The third kappa shape index (κ3) is 12.3. The Balaban J connectivity index is 2.40. The number of nitrogens with two attached hydrogens (primary N) is 1. The Bertz CT molecular complexity index is 1340. The number of carboxylic acids is 2. The van der Waals surface area contributed by atoms with Gasteiger partial charge in [-0.15, -0.1) is 0 Å². The highest BCUT2D eigenvalue weighted by Gasteiger charge is 2.33. The van der Waals surface area contributed by atoms with Crippen molar-refractivity contribution in [3.8, 4) is 0 Å². The molecule has 2 aromatic carbocycles. The van der Waals surface area contributed by atoms with Crippen LogP contribution in [0.5, 0.6) is 0 Å². The van der Waals surface area contributed by atoms with Gasteiger partial charge in [-0.05, 0) is 30.4 Å². The summed E-state index contributed by atoms with van der Waals surface area (Å²) in [5, 5.41) is 38.5. The van der Waals surface area contributed by atoms with Crippen LogP contribution in [0.2, 0.25) is 0 Å². The van der Waals surface area contributed by atoms with Crippen LogP contribution in [0, 0.1) is 5.92 Å². The van der Waals surface area contributed by atoms with Crippen molar-refractivity contribution in [2.24, 2.45) is 11.7 Å². The van der Waals surface area contributed by atoms with E-state index in [9.17, 15) is 44.1 Å². The highest BCUT2D eigenvalue weighted by atomic mass is 16.4. The Labute approximate surface area is 267 Å². The van der Waals surface area contributed by atoms with Crippen LogP contribution in [0.25, 0.3) is 0 Å². The van der Waals surface area contributed by atoms with E-state index < -0.39 is 78.3 Å². The van der Waals surface area contributed by atoms with Gasteiger partial charge >= 0.3 is 11.9 Å². The highest BCUT2D eigenvalue weighted by Crippen LogP contribution is 2.10. The molecule has 0 fully saturated rings. The fourth-order valence-corrected chi connectivity index (χ4v) is 4.41. The van der Waals surface area contributed by atoms with E-state index in [1.54, 1.807) is 74.5 Å². The van der Waals surface area contributed by atoms with Gasteiger partial charge in [0, 0.05) is 19.3 Å². The maximum atomic E-state index is 13.8. The van der Waals surface area contributed by atoms with Crippen LogP contribution >= 0.6 is 0 Å². The topological polar surface area (TPSA) is 237 Å². The molecule has 46 heavy (non-hydrogen) atoms. The van der Waals surface area contributed by atoms with E-state index in [4.69, 9.17) is 5.73 Å². The number of amides is 4. The van der Waals surface area contributed by atoms with Crippen molar-refractivity contribution in [3.63, 3.8) is 0 Å². The van der Waals surface area contributed by atoms with Gasteiger partial charge in [-0.3, -0.25) is 24.0 Å². The number of carbonyl (C=O) groups excluding carboxylic acids is 4. The minimum Gasteiger partial charge on any atom is -0.481 e. The lowest BCUT2D eigenvalue weighted by Crippen LogP contribution is -2.60. The zero-order valence-corrected chi connectivity index (χ0v) is 26.0. The molecule has 4 amide bonds. The molecule has 0 aromatic heterocycles. The van der Waals surface area contributed by atoms with E-state index in [1.165, 1.54) is 6.92 Å². The fourth-order valence-electron chi connectivity index (χ4n) is 4.41. The third-order valence-corrected chi connectivity index (χ3v) is 7.18. The molecule has 2 rings (SSSR count). The Kier molecular flexibility index (Phi) is 14.8. The molecule has 0 aliphatic heterocycles. The highest BCUT2D eigenvalue weighted by molar-refractivity contribution is 5.96. The van der Waals surface area contributed by atoms with Crippen molar-refractivity contribution in [1.29, 1.82) is 0 Å². The van der Waals surface area contributed by atoms with Crippen molar-refractivity contribution < 1.29 is 44.1 Å². The molecule has 0 saturated carbocycles. The summed E-state index contributed by atoms with van der Waals surface area (Å²) in [7, 11) is 0. The molecule has 0 saturated heterocycles. The number of aliphatic hydroxyl groups excluding tert-OH is 1. The smallest absolute Gasteiger partial charge is 0.328 e. The summed E-state index contributed by atoms with van der Waals surface area (Å²) in [6.45, 7) is 4.61. The van der Waals surface area contributed by atoms with E-state index in [2.05, 4.69) is 21.3 Å². The second-order valence-electron chi connectivity index (χ2n) is 11.3. The molecule has 14 nitrogen and oxygen atoms in total. The Morgan fingerprint density at radius 3 is 1.46 bits per heavy atom. The summed E-state index contributed by atoms with van der Waals surface area (Å²) in [5.74, 6) is -6.16. The number of rotatable bonds is 18. The lowest BCUT2D eigenvalue weighted by atomic mass is 10.0. The van der Waals surface area contributed by atoms with Gasteiger partial charge in [0.1, 0.15) is 18.1 Å². The van der Waals surface area contributed by atoms with E-state index in [-0.39, 0.29) is 25.2 Å². The molecule has 0 bridgehead atoms. The molecular weight excluding hydrogens is 598 g/mol. The second kappa shape index (κ2) is 18.2. The van der Waals surface area contributed by atoms with Gasteiger partial charge in [0.05, 0.1) is 12.1 Å². The summed E-state index contributed by atoms with van der Waals surface area (Å²) >= 11 is 0. The van der Waals surface area contributed by atoms with Gasteiger partial charge in [-0.25, -0.2) is 4.79 Å². The standard InChI is InChI=1S/C32H43N5O9/c1-18(2)26(33)31(44)34-22(14-15-25(39)40)28(41)35-23(16-20-10-6-4-7-11-20)29(42)36-24(17-21-12-8-5-9-13-21)30(43)37-27(19(3)38)32(45)46/h4-13,18-19,22-24,26-27,38H,14-17,33H2,1-3H3,(H,34,44)(H,35,41)(H,36,42)(H,37,43)(H,39,40)(H,45,46)/t19-,22+,23+,24+,26+,27+/m1/s1. The second-order valence-corrected chi connectivity index (χ2v) is 11.3. The first kappa shape index (κ1) is 37.4. The maximum absolute atomic E-state index is 13.8. The van der Waals surface area contributed by atoms with Crippen LogP contribution < -0.4 is 27.0 Å². The molecule has 2 aromatic rings. The third-order valence-electron chi connectivity index (χ3n) is 7.18. The molecule has 0 radical (unpaired) electrons. The number of hydrogen-bond acceptors (Lipinski definition) is 8. The van der Waals surface area contributed by atoms with Crippen molar-refractivity contribution in [2.45, 2.75) is 82.8 Å². The van der Waals surface area contributed by atoms with Crippen LogP contribution in [0.1, 0.15) is 44.7 Å². The van der Waals surface area contributed by atoms with E-state index in [1.807, 2.05) is 0 Å². The summed E-state index contributed by atoms with van der Waals surface area (Å²) in [4.78, 5) is 76.2. The first-order chi connectivity index (χ1) is 21.7. The lowest BCUT2D eigenvalue weighted by molar-refractivity contribution is -0.145. The quantitative estimate of drug-likeness (QED) is 0.106. The zero-order chi connectivity index (χ0) is 34.4. The number of carboxylic acid groups (broad SMARTS) is 2. The minimum atomic E-state index is -1.65. The van der Waals surface area contributed by atoms with Gasteiger partial charge in [-0.2, -0.15) is 0 Å². The number of aliphatic hydroxyl groups is 1. The first-order valence-electron chi connectivity index (χ1n) is 14.9. The molecule has 0 heterocycles. The molecule has 6 atom stereocenters. The lowest BCUT2D eigenvalue weighted by Gasteiger charge is -2.27. The average Bonchev–Trinajstić information content (AvgIpc) is 3.00. The van der Waals surface area contributed by atoms with Crippen molar-refractivity contribution >= 4 is 35.6 Å². The van der Waals surface area contributed by atoms with E-state index in [0.717, 1.165) is 0 Å². The largest absolute Gasteiger partial charge is 0.481 e. The Morgan fingerprint density at radius 1 is 0.652 bits per heavy atom. The molecule has 0 aliphatic carbocycles. The molecule has 9 N–H and O–H groups in total. The summed E-state index contributed by atoms with van der Waals surface area (Å²) < 4.78 is 0. The maximum Gasteiger partial charge on any atom is 0.328 e. The predicted octanol–water partition coefficient (Wildman–Crippen LogP) is -0.275. The van der Waals surface area contributed by atoms with Gasteiger partial charge in [0.2, 0.25) is 23.6 Å². The van der Waals surface area contributed by atoms with E-state index >= 15 is 0 Å². The minimum absolute atomic E-state index is 0.0470. The van der Waals surface area contributed by atoms with Crippen molar-refractivity contribution in [2.75, 3.05) is 0 Å². The average molecular weight is 642 g/mol.